The Hall–Kier alpha value is -7.51. The van der Waals surface area contributed by atoms with Crippen LogP contribution in [0, 0.1) is 6.92 Å². The number of methoxy groups -OCH3 is 1. The first-order valence-electron chi connectivity index (χ1n) is 20.6. The Morgan fingerprint density at radius 1 is 0.698 bits per heavy atom. The Morgan fingerprint density at radius 2 is 1.46 bits per heavy atom. The minimum atomic E-state index is -0.461. The van der Waals surface area contributed by atoms with Crippen molar-refractivity contribution in [3.8, 4) is 39.9 Å². The zero-order valence-corrected chi connectivity index (χ0v) is 34.9. The fourth-order valence-corrected chi connectivity index (χ4v) is 6.98. The molecule has 13 nitrogen and oxygen atoms in total. The van der Waals surface area contributed by atoms with Gasteiger partial charge >= 0.3 is 5.97 Å². The van der Waals surface area contributed by atoms with Crippen molar-refractivity contribution in [2.24, 2.45) is 0 Å². The summed E-state index contributed by atoms with van der Waals surface area (Å²) in [4.78, 5) is 38.3. The molecule has 8 aromatic rings. The molecule has 0 atom stereocenters. The SMILES string of the molecule is COC(=O)c1cccc(COc2c(-c3ccc(OCCOCCn4cc(CCCCOc5ccc(-c6cc(=O)c7cc(C)ccc7o6)cc5)nn4)cc3)oc3ccccc3c2=O)c1. The van der Waals surface area contributed by atoms with Crippen LogP contribution >= 0.6 is 0 Å². The number of aromatic nitrogens is 3. The number of carbonyl (C=O) groups is 1. The van der Waals surface area contributed by atoms with E-state index in [0.717, 1.165) is 41.8 Å². The van der Waals surface area contributed by atoms with Crippen LogP contribution in [-0.2, 0) is 29.0 Å². The predicted molar refractivity (Wildman–Crippen MR) is 237 cm³/mol. The fourth-order valence-electron chi connectivity index (χ4n) is 6.98. The molecule has 0 aliphatic rings. The van der Waals surface area contributed by atoms with Crippen LogP contribution in [-0.4, -0.2) is 54.5 Å². The summed E-state index contributed by atoms with van der Waals surface area (Å²) in [5, 5.41) is 9.51. The summed E-state index contributed by atoms with van der Waals surface area (Å²) in [5.74, 6) is 1.79. The molecule has 0 amide bonds. The van der Waals surface area contributed by atoms with E-state index in [1.807, 2.05) is 55.6 Å². The Balaban J connectivity index is 0.748. The van der Waals surface area contributed by atoms with Gasteiger partial charge in [-0.15, -0.1) is 5.10 Å². The molecule has 0 unspecified atom stereocenters. The molecule has 63 heavy (non-hydrogen) atoms. The number of aryl methyl sites for hydroxylation is 2. The number of carbonyl (C=O) groups excluding carboxylic acids is 1. The monoisotopic (exact) mass is 847 g/mol. The van der Waals surface area contributed by atoms with Gasteiger partial charge in [-0.25, -0.2) is 9.48 Å². The Bertz CT molecular complexity index is 2950. The number of ether oxygens (including phenoxy) is 5. The lowest BCUT2D eigenvalue weighted by Gasteiger charge is -2.13. The molecule has 5 aromatic carbocycles. The number of rotatable bonds is 19. The van der Waals surface area contributed by atoms with Gasteiger partial charge in [0.2, 0.25) is 11.2 Å². The normalized spacial score (nSPS) is 11.2. The predicted octanol–water partition coefficient (Wildman–Crippen LogP) is 9.00. The maximum atomic E-state index is 13.6. The summed E-state index contributed by atoms with van der Waals surface area (Å²) in [6, 6.07) is 35.7. The third-order valence-corrected chi connectivity index (χ3v) is 10.3. The Morgan fingerprint density at radius 3 is 2.27 bits per heavy atom. The van der Waals surface area contributed by atoms with Crippen LogP contribution in [0.1, 0.15) is 40.0 Å². The lowest BCUT2D eigenvalue weighted by molar-refractivity contribution is 0.0600. The van der Waals surface area contributed by atoms with Gasteiger partial charge in [-0.05, 0) is 117 Å². The maximum absolute atomic E-state index is 13.6. The van der Waals surface area contributed by atoms with Crippen molar-refractivity contribution in [2.45, 2.75) is 39.3 Å². The fraction of sp³-hybridized carbons (Fsp3) is 0.220. The molecule has 3 aromatic heterocycles. The summed E-state index contributed by atoms with van der Waals surface area (Å²) in [5.41, 5.74) is 5.08. The van der Waals surface area contributed by atoms with E-state index >= 15 is 0 Å². The van der Waals surface area contributed by atoms with Gasteiger partial charge in [0.05, 0.1) is 55.5 Å². The highest BCUT2D eigenvalue weighted by Crippen LogP contribution is 2.33. The third-order valence-electron chi connectivity index (χ3n) is 10.3. The lowest BCUT2D eigenvalue weighted by atomic mass is 10.1. The van der Waals surface area contributed by atoms with Crippen LogP contribution in [0.5, 0.6) is 17.2 Å². The van der Waals surface area contributed by atoms with E-state index in [4.69, 9.17) is 32.5 Å². The number of hydrogen-bond acceptors (Lipinski definition) is 12. The second kappa shape index (κ2) is 19.9. The van der Waals surface area contributed by atoms with Crippen molar-refractivity contribution in [1.82, 2.24) is 15.0 Å². The maximum Gasteiger partial charge on any atom is 0.337 e. The van der Waals surface area contributed by atoms with Crippen molar-refractivity contribution in [3.63, 3.8) is 0 Å². The summed E-state index contributed by atoms with van der Waals surface area (Å²) >= 11 is 0. The minimum absolute atomic E-state index is 0.0354. The molecule has 0 radical (unpaired) electrons. The van der Waals surface area contributed by atoms with Gasteiger partial charge in [-0.2, -0.15) is 0 Å². The van der Waals surface area contributed by atoms with E-state index in [9.17, 15) is 14.4 Å². The molecule has 8 rings (SSSR count). The quantitative estimate of drug-likeness (QED) is 0.0564. The van der Waals surface area contributed by atoms with Gasteiger partial charge in [0.15, 0.2) is 11.2 Å². The number of fused-ring (bicyclic) bond motifs is 2. The van der Waals surface area contributed by atoms with E-state index in [1.165, 1.54) is 13.2 Å². The number of nitrogens with zero attached hydrogens (tertiary/aromatic N) is 3. The van der Waals surface area contributed by atoms with Crippen molar-refractivity contribution >= 4 is 27.9 Å². The molecule has 0 spiro atoms. The van der Waals surface area contributed by atoms with Crippen LogP contribution in [0.25, 0.3) is 44.6 Å². The van der Waals surface area contributed by atoms with E-state index < -0.39 is 5.97 Å². The van der Waals surface area contributed by atoms with Crippen LogP contribution in [0.2, 0.25) is 0 Å². The molecular weight excluding hydrogens is 803 g/mol. The third kappa shape index (κ3) is 10.5. The minimum Gasteiger partial charge on any atom is -0.494 e. The highest BCUT2D eigenvalue weighted by Gasteiger charge is 2.19. The van der Waals surface area contributed by atoms with Gasteiger partial charge < -0.3 is 32.5 Å². The number of benzene rings is 5. The summed E-state index contributed by atoms with van der Waals surface area (Å²) in [6.07, 6.45) is 4.47. The molecular formula is C50H45N3O10. The number of hydrogen-bond donors (Lipinski definition) is 0. The number of unbranched alkanes of at least 4 members (excludes halogenated alkanes) is 1. The zero-order chi connectivity index (χ0) is 43.5. The average Bonchev–Trinajstić information content (AvgIpc) is 3.77. The Kier molecular flexibility index (Phi) is 13.3. The van der Waals surface area contributed by atoms with Crippen LogP contribution < -0.4 is 25.1 Å². The molecule has 320 valence electrons. The molecule has 0 aliphatic carbocycles. The average molecular weight is 848 g/mol. The molecule has 0 fully saturated rings. The van der Waals surface area contributed by atoms with E-state index in [1.54, 1.807) is 77.5 Å². The lowest BCUT2D eigenvalue weighted by Crippen LogP contribution is -2.12. The van der Waals surface area contributed by atoms with Crippen LogP contribution in [0.4, 0.5) is 0 Å². The van der Waals surface area contributed by atoms with Crippen molar-refractivity contribution in [2.75, 3.05) is 33.5 Å². The highest BCUT2D eigenvalue weighted by molar-refractivity contribution is 5.89. The van der Waals surface area contributed by atoms with Crippen molar-refractivity contribution < 1.29 is 37.3 Å². The second-order valence-electron chi connectivity index (χ2n) is 14.8. The molecule has 0 N–H and O–H groups in total. The van der Waals surface area contributed by atoms with Crippen molar-refractivity contribution in [3.05, 3.63) is 170 Å². The highest BCUT2D eigenvalue weighted by atomic mass is 16.5. The summed E-state index contributed by atoms with van der Waals surface area (Å²) in [6.45, 7) is 4.26. The topological polar surface area (TPSA) is 154 Å². The molecule has 0 bridgehead atoms. The molecule has 0 aliphatic heterocycles. The smallest absolute Gasteiger partial charge is 0.337 e. The largest absolute Gasteiger partial charge is 0.494 e. The second-order valence-corrected chi connectivity index (χ2v) is 14.8. The standard InChI is InChI=1S/C50H45N3O10/c1-33-13-22-45-42(28-33)43(54)30-46(62-45)35-14-18-39(19-15-35)59-24-6-5-10-38-31-53(52-51-38)23-25-58-26-27-60-40-20-16-36(17-21-40)48-49(47(55)41-11-3-4-12-44(41)63-48)61-32-34-8-7-9-37(29-34)50(56)57-2/h3-4,7-9,11-22,28-31H,5-6,10,23-27,32H2,1-2H3. The van der Waals surface area contributed by atoms with Crippen LogP contribution in [0.3, 0.4) is 0 Å². The van der Waals surface area contributed by atoms with Gasteiger partial charge in [0.25, 0.3) is 0 Å². The first-order valence-corrected chi connectivity index (χ1v) is 20.6. The first kappa shape index (κ1) is 42.2. The van der Waals surface area contributed by atoms with E-state index in [0.29, 0.717) is 83.1 Å². The van der Waals surface area contributed by atoms with Gasteiger partial charge in [0.1, 0.15) is 41.6 Å². The zero-order valence-electron chi connectivity index (χ0n) is 34.9. The molecule has 3 heterocycles. The summed E-state index contributed by atoms with van der Waals surface area (Å²) < 4.78 is 42.6. The van der Waals surface area contributed by atoms with E-state index in [-0.39, 0.29) is 29.0 Å². The Labute approximate surface area is 362 Å². The first-order chi connectivity index (χ1) is 30.8. The van der Waals surface area contributed by atoms with Gasteiger partial charge in [0, 0.05) is 23.4 Å². The van der Waals surface area contributed by atoms with Crippen molar-refractivity contribution in [1.29, 1.82) is 0 Å². The number of esters is 1. The number of para-hydroxylation sites is 1. The molecule has 13 heteroatoms. The van der Waals surface area contributed by atoms with Gasteiger partial charge in [-0.1, -0.05) is 41.1 Å². The van der Waals surface area contributed by atoms with Crippen LogP contribution in [0.15, 0.2) is 146 Å². The molecule has 0 saturated heterocycles. The molecule has 0 saturated carbocycles. The summed E-state index contributed by atoms with van der Waals surface area (Å²) in [7, 11) is 1.32. The van der Waals surface area contributed by atoms with Gasteiger partial charge in [-0.3, -0.25) is 9.59 Å². The van der Waals surface area contributed by atoms with E-state index in [2.05, 4.69) is 10.3 Å².